The van der Waals surface area contributed by atoms with Crippen LogP contribution in [0.5, 0.6) is 0 Å². The van der Waals surface area contributed by atoms with Gasteiger partial charge in [-0.2, -0.15) is 0 Å². The average molecular weight is 349 g/mol. The molecule has 25 heavy (non-hydrogen) atoms. The first kappa shape index (κ1) is 21.3. The van der Waals surface area contributed by atoms with E-state index in [0.29, 0.717) is 0 Å². The van der Waals surface area contributed by atoms with Gasteiger partial charge in [-0.3, -0.25) is 0 Å². The van der Waals surface area contributed by atoms with Crippen LogP contribution in [-0.2, 0) is 0 Å². The Balaban J connectivity index is 2.44. The van der Waals surface area contributed by atoms with Gasteiger partial charge in [-0.1, -0.05) is 81.1 Å². The zero-order chi connectivity index (χ0) is 18.7. The van der Waals surface area contributed by atoms with Gasteiger partial charge in [0.1, 0.15) is 0 Å². The van der Waals surface area contributed by atoms with Crippen LogP contribution in [0.1, 0.15) is 100 Å². The molecule has 0 radical (unpaired) electrons. The van der Waals surface area contributed by atoms with Crippen LogP contribution in [0.2, 0.25) is 0 Å². The monoisotopic (exact) mass is 348 g/mol. The van der Waals surface area contributed by atoms with Gasteiger partial charge >= 0.3 is 0 Å². The lowest BCUT2D eigenvalue weighted by molar-refractivity contribution is 0.0648. The molecule has 0 amide bonds. The van der Waals surface area contributed by atoms with E-state index >= 15 is 0 Å². The number of hydrogen-bond donors (Lipinski definition) is 0. The highest BCUT2D eigenvalue weighted by molar-refractivity contribution is 4.96. The second kappa shape index (κ2) is 9.27. The van der Waals surface area contributed by atoms with Gasteiger partial charge in [-0.25, -0.2) is 0 Å². The van der Waals surface area contributed by atoms with Crippen molar-refractivity contribution >= 4 is 0 Å². The van der Waals surface area contributed by atoms with Crippen molar-refractivity contribution < 1.29 is 0 Å². The molecule has 0 aromatic rings. The van der Waals surface area contributed by atoms with E-state index in [2.05, 4.69) is 55.4 Å². The maximum atomic E-state index is 2.61. The molecule has 0 aliphatic heterocycles. The Morgan fingerprint density at radius 2 is 1.04 bits per heavy atom. The Kier molecular flexibility index (Phi) is 7.90. The first-order valence-corrected chi connectivity index (χ1v) is 11.9. The minimum Gasteiger partial charge on any atom is -0.0651 e. The van der Waals surface area contributed by atoms with Gasteiger partial charge in [0.15, 0.2) is 0 Å². The second-order valence-electron chi connectivity index (χ2n) is 10.2. The van der Waals surface area contributed by atoms with E-state index < -0.39 is 0 Å². The van der Waals surface area contributed by atoms with Gasteiger partial charge in [0, 0.05) is 0 Å². The van der Waals surface area contributed by atoms with Crippen LogP contribution in [0.4, 0.5) is 0 Å². The molecule has 0 heteroatoms. The van der Waals surface area contributed by atoms with E-state index in [1.54, 1.807) is 6.42 Å². The molecule has 8 unspecified atom stereocenters. The zero-order valence-electron chi connectivity index (χ0n) is 18.7. The van der Waals surface area contributed by atoms with Gasteiger partial charge < -0.3 is 0 Å². The molecule has 2 fully saturated rings. The quantitative estimate of drug-likeness (QED) is 0.455. The van der Waals surface area contributed by atoms with Crippen molar-refractivity contribution in [3.63, 3.8) is 0 Å². The Bertz CT molecular complexity index is 351. The fraction of sp³-hybridized carbons (Fsp3) is 1.00. The normalized spacial score (nSPS) is 44.6. The van der Waals surface area contributed by atoms with Crippen molar-refractivity contribution in [2.24, 2.45) is 59.2 Å². The summed E-state index contributed by atoms with van der Waals surface area (Å²) in [5.74, 6) is 9.54. The molecule has 2 aliphatic carbocycles. The predicted octanol–water partition coefficient (Wildman–Crippen LogP) is 8.07. The fourth-order valence-electron chi connectivity index (χ4n) is 7.32. The maximum Gasteiger partial charge on any atom is -0.0349 e. The second-order valence-corrected chi connectivity index (χ2v) is 10.2. The standard InChI is InChI=1S/C25H48/c1-9-16(5)23-13-18(7)22-15-25(20(23)11-3)21(12-4)24(14-19(22)8)17(6)10-2/h16-25H,9-15H2,1-8H3. The van der Waals surface area contributed by atoms with Crippen LogP contribution in [-0.4, -0.2) is 0 Å². The molecule has 8 atom stereocenters. The molecule has 2 aliphatic rings. The third-order valence-electron chi connectivity index (χ3n) is 9.19. The average Bonchev–Trinajstić information content (AvgIpc) is 2.85. The van der Waals surface area contributed by atoms with E-state index in [1.807, 2.05) is 0 Å². The smallest absolute Gasteiger partial charge is 0.0349 e. The van der Waals surface area contributed by atoms with Crippen LogP contribution in [0.3, 0.4) is 0 Å². The van der Waals surface area contributed by atoms with Crippen LogP contribution in [0.25, 0.3) is 0 Å². The third-order valence-corrected chi connectivity index (χ3v) is 9.19. The largest absolute Gasteiger partial charge is 0.0651 e. The molecule has 0 heterocycles. The Hall–Kier alpha value is 0. The molecule has 0 aromatic carbocycles. The number of rotatable bonds is 6. The lowest BCUT2D eigenvalue weighted by Crippen LogP contribution is -2.35. The van der Waals surface area contributed by atoms with Crippen molar-refractivity contribution in [1.29, 1.82) is 0 Å². The van der Waals surface area contributed by atoms with Crippen LogP contribution in [0.15, 0.2) is 0 Å². The minimum absolute atomic E-state index is 0.905. The molecule has 148 valence electrons. The topological polar surface area (TPSA) is 0 Å². The van der Waals surface area contributed by atoms with Gasteiger partial charge in [-0.15, -0.1) is 0 Å². The third kappa shape index (κ3) is 4.30. The molecule has 2 saturated carbocycles. The summed E-state index contributed by atoms with van der Waals surface area (Å²) < 4.78 is 0. The highest BCUT2D eigenvalue weighted by Crippen LogP contribution is 2.55. The zero-order valence-corrected chi connectivity index (χ0v) is 18.7. The van der Waals surface area contributed by atoms with E-state index in [4.69, 9.17) is 0 Å². The summed E-state index contributed by atoms with van der Waals surface area (Å²) >= 11 is 0. The first-order valence-electron chi connectivity index (χ1n) is 11.9. The summed E-state index contributed by atoms with van der Waals surface area (Å²) in [7, 11) is 0. The first-order chi connectivity index (χ1) is 11.9. The summed E-state index contributed by atoms with van der Waals surface area (Å²) in [5.41, 5.74) is 0. The van der Waals surface area contributed by atoms with Crippen molar-refractivity contribution in [2.45, 2.75) is 100 Å². The van der Waals surface area contributed by atoms with Gasteiger partial charge in [-0.05, 0) is 78.4 Å². The lowest BCUT2D eigenvalue weighted by atomic mass is 9.63. The molecule has 0 saturated heterocycles. The van der Waals surface area contributed by atoms with E-state index in [-0.39, 0.29) is 0 Å². The molecule has 0 nitrogen and oxygen atoms in total. The lowest BCUT2D eigenvalue weighted by Gasteiger charge is -2.42. The molecule has 2 bridgehead atoms. The van der Waals surface area contributed by atoms with Crippen molar-refractivity contribution in [1.82, 2.24) is 0 Å². The number of fused-ring (bicyclic) bond motifs is 2. The Morgan fingerprint density at radius 1 is 0.640 bits per heavy atom. The van der Waals surface area contributed by atoms with Crippen LogP contribution < -0.4 is 0 Å². The molecule has 0 spiro atoms. The van der Waals surface area contributed by atoms with Gasteiger partial charge in [0.2, 0.25) is 0 Å². The Labute approximate surface area is 159 Å². The summed E-state index contributed by atoms with van der Waals surface area (Å²) in [6.07, 6.45) is 10.1. The van der Waals surface area contributed by atoms with Gasteiger partial charge in [0.05, 0.1) is 0 Å². The van der Waals surface area contributed by atoms with Gasteiger partial charge in [0.25, 0.3) is 0 Å². The minimum atomic E-state index is 0.905. The molecular formula is C25H48. The van der Waals surface area contributed by atoms with Crippen molar-refractivity contribution in [3.05, 3.63) is 0 Å². The van der Waals surface area contributed by atoms with E-state index in [0.717, 1.165) is 59.2 Å². The van der Waals surface area contributed by atoms with E-state index in [1.165, 1.54) is 38.5 Å². The summed E-state index contributed by atoms with van der Waals surface area (Å²) in [6.45, 7) is 20.2. The molecule has 0 N–H and O–H groups in total. The summed E-state index contributed by atoms with van der Waals surface area (Å²) in [5, 5.41) is 0. The molecule has 0 aromatic heterocycles. The predicted molar refractivity (Wildman–Crippen MR) is 113 cm³/mol. The Morgan fingerprint density at radius 3 is 1.36 bits per heavy atom. The highest BCUT2D eigenvalue weighted by Gasteiger charge is 2.47. The van der Waals surface area contributed by atoms with Crippen molar-refractivity contribution in [3.8, 4) is 0 Å². The molecular weight excluding hydrogens is 300 g/mol. The summed E-state index contributed by atoms with van der Waals surface area (Å²) in [4.78, 5) is 0. The maximum absolute atomic E-state index is 2.61. The highest BCUT2D eigenvalue weighted by atomic mass is 14.5. The summed E-state index contributed by atoms with van der Waals surface area (Å²) in [6, 6.07) is 0. The fourth-order valence-corrected chi connectivity index (χ4v) is 7.32. The molecule has 2 rings (SSSR count). The SMILES string of the molecule is CCC(C)C1CC(C)C2CC(C1CC)C(CC)C(C(C)CC)CC2C. The van der Waals surface area contributed by atoms with Crippen LogP contribution >= 0.6 is 0 Å². The van der Waals surface area contributed by atoms with Crippen LogP contribution in [0, 0.1) is 59.2 Å². The van der Waals surface area contributed by atoms with E-state index in [9.17, 15) is 0 Å². The van der Waals surface area contributed by atoms with Crippen molar-refractivity contribution in [2.75, 3.05) is 0 Å². The number of hydrogen-bond acceptors (Lipinski definition) is 0.